The van der Waals surface area contributed by atoms with Crippen LogP contribution in [0.3, 0.4) is 0 Å². The van der Waals surface area contributed by atoms with Crippen LogP contribution in [0.1, 0.15) is 44.1 Å². The van der Waals surface area contributed by atoms with Gasteiger partial charge in [0.25, 0.3) is 0 Å². The molecule has 82 valence electrons. The van der Waals surface area contributed by atoms with Crippen molar-refractivity contribution in [2.75, 3.05) is 5.32 Å². The molecule has 0 bridgehead atoms. The van der Waals surface area contributed by atoms with E-state index in [0.29, 0.717) is 6.04 Å². The van der Waals surface area contributed by atoms with Crippen LogP contribution in [0.5, 0.6) is 0 Å². The highest BCUT2D eigenvalue weighted by Crippen LogP contribution is 2.20. The van der Waals surface area contributed by atoms with Gasteiger partial charge in [0.1, 0.15) is 5.82 Å². The van der Waals surface area contributed by atoms with Crippen molar-refractivity contribution < 1.29 is 0 Å². The quantitative estimate of drug-likeness (QED) is 0.754. The maximum absolute atomic E-state index is 4.10. The zero-order valence-corrected chi connectivity index (χ0v) is 9.37. The Bertz CT molecular complexity index is 303. The second kappa shape index (κ2) is 5.10. The lowest BCUT2D eigenvalue weighted by atomic mass is 10.1. The molecule has 1 aliphatic rings. The normalized spacial score (nSPS) is 18.5. The summed E-state index contributed by atoms with van der Waals surface area (Å²) in [6.45, 7) is 2.05. The van der Waals surface area contributed by atoms with Gasteiger partial charge in [-0.05, 0) is 31.4 Å². The first kappa shape index (κ1) is 10.4. The molecule has 1 heterocycles. The maximum Gasteiger partial charge on any atom is 0.149 e. The fraction of sp³-hybridized carbons (Fsp3) is 0.667. The van der Waals surface area contributed by atoms with Crippen LogP contribution in [-0.2, 0) is 0 Å². The Hall–Kier alpha value is -1.12. The van der Waals surface area contributed by atoms with Crippen molar-refractivity contribution in [3.05, 3.63) is 17.8 Å². The minimum Gasteiger partial charge on any atom is -0.366 e. The summed E-state index contributed by atoms with van der Waals surface area (Å²) in [5.74, 6) is 0.932. The molecule has 0 saturated heterocycles. The molecule has 1 fully saturated rings. The molecule has 1 aromatic rings. The van der Waals surface area contributed by atoms with Crippen molar-refractivity contribution in [2.45, 2.75) is 51.5 Å². The van der Waals surface area contributed by atoms with Gasteiger partial charge in [-0.15, -0.1) is 5.10 Å². The molecule has 1 N–H and O–H groups in total. The van der Waals surface area contributed by atoms with Crippen LogP contribution in [0.2, 0.25) is 0 Å². The second-order valence-electron chi connectivity index (χ2n) is 4.45. The van der Waals surface area contributed by atoms with Gasteiger partial charge in [0, 0.05) is 6.04 Å². The minimum atomic E-state index is 0.601. The van der Waals surface area contributed by atoms with E-state index in [2.05, 4.69) is 21.6 Å². The molecule has 15 heavy (non-hydrogen) atoms. The molecule has 0 radical (unpaired) electrons. The van der Waals surface area contributed by atoms with E-state index in [1.807, 2.05) is 6.92 Å². The SMILES string of the molecule is Cc1cnnc(NC2CCCCCC2)c1. The van der Waals surface area contributed by atoms with Gasteiger partial charge in [-0.1, -0.05) is 25.7 Å². The zero-order valence-electron chi connectivity index (χ0n) is 9.37. The molecule has 1 aromatic heterocycles. The lowest BCUT2D eigenvalue weighted by Crippen LogP contribution is -2.19. The van der Waals surface area contributed by atoms with Gasteiger partial charge in [-0.25, -0.2) is 0 Å². The lowest BCUT2D eigenvalue weighted by Gasteiger charge is -2.16. The Morgan fingerprint density at radius 3 is 2.60 bits per heavy atom. The smallest absolute Gasteiger partial charge is 0.149 e. The zero-order chi connectivity index (χ0) is 10.5. The molecule has 1 aliphatic carbocycles. The van der Waals surface area contributed by atoms with E-state index in [-0.39, 0.29) is 0 Å². The molecule has 1 saturated carbocycles. The number of hydrogen-bond acceptors (Lipinski definition) is 3. The molecule has 0 aromatic carbocycles. The molecule has 3 nitrogen and oxygen atoms in total. The number of nitrogens with one attached hydrogen (secondary N) is 1. The van der Waals surface area contributed by atoms with E-state index >= 15 is 0 Å². The summed E-state index contributed by atoms with van der Waals surface area (Å²) in [6.07, 6.45) is 9.80. The Labute approximate surface area is 91.3 Å². The van der Waals surface area contributed by atoms with Crippen LogP contribution in [0.25, 0.3) is 0 Å². The molecule has 0 amide bonds. The third-order valence-corrected chi connectivity index (χ3v) is 3.00. The van der Waals surface area contributed by atoms with Crippen molar-refractivity contribution in [3.63, 3.8) is 0 Å². The Kier molecular flexibility index (Phi) is 3.54. The molecule has 3 heteroatoms. The highest BCUT2D eigenvalue weighted by Gasteiger charge is 2.12. The average Bonchev–Trinajstić information content (AvgIpc) is 2.46. The topological polar surface area (TPSA) is 37.8 Å². The Morgan fingerprint density at radius 1 is 1.20 bits per heavy atom. The predicted molar refractivity (Wildman–Crippen MR) is 61.9 cm³/mol. The van der Waals surface area contributed by atoms with Crippen LogP contribution in [0, 0.1) is 6.92 Å². The van der Waals surface area contributed by atoms with Crippen LogP contribution < -0.4 is 5.32 Å². The van der Waals surface area contributed by atoms with Crippen molar-refractivity contribution in [3.8, 4) is 0 Å². The summed E-state index contributed by atoms with van der Waals surface area (Å²) < 4.78 is 0. The monoisotopic (exact) mass is 205 g/mol. The fourth-order valence-electron chi connectivity index (χ4n) is 2.17. The van der Waals surface area contributed by atoms with Gasteiger partial charge in [0.05, 0.1) is 6.20 Å². The maximum atomic E-state index is 4.10. The Balaban J connectivity index is 1.95. The fourth-order valence-corrected chi connectivity index (χ4v) is 2.17. The summed E-state index contributed by atoms with van der Waals surface area (Å²) in [5, 5.41) is 11.6. The largest absolute Gasteiger partial charge is 0.366 e. The summed E-state index contributed by atoms with van der Waals surface area (Å²) in [7, 11) is 0. The average molecular weight is 205 g/mol. The molecular weight excluding hydrogens is 186 g/mol. The van der Waals surface area contributed by atoms with E-state index in [9.17, 15) is 0 Å². The number of aryl methyl sites for hydroxylation is 1. The summed E-state index contributed by atoms with van der Waals surface area (Å²) in [6, 6.07) is 2.67. The molecule has 0 unspecified atom stereocenters. The lowest BCUT2D eigenvalue weighted by molar-refractivity contribution is 0.616. The Morgan fingerprint density at radius 2 is 1.93 bits per heavy atom. The molecule has 0 spiro atoms. The van der Waals surface area contributed by atoms with Gasteiger partial charge in [0.2, 0.25) is 0 Å². The third kappa shape index (κ3) is 3.18. The van der Waals surface area contributed by atoms with Crippen molar-refractivity contribution in [1.29, 1.82) is 0 Å². The van der Waals surface area contributed by atoms with Gasteiger partial charge < -0.3 is 5.32 Å². The van der Waals surface area contributed by atoms with E-state index in [4.69, 9.17) is 0 Å². The van der Waals surface area contributed by atoms with Gasteiger partial charge >= 0.3 is 0 Å². The van der Waals surface area contributed by atoms with Crippen molar-refractivity contribution >= 4 is 5.82 Å². The molecular formula is C12H19N3. The minimum absolute atomic E-state index is 0.601. The number of aromatic nitrogens is 2. The highest BCUT2D eigenvalue weighted by molar-refractivity contribution is 5.36. The first-order chi connectivity index (χ1) is 7.34. The number of hydrogen-bond donors (Lipinski definition) is 1. The highest BCUT2D eigenvalue weighted by atomic mass is 15.2. The van der Waals surface area contributed by atoms with E-state index in [1.54, 1.807) is 6.20 Å². The van der Waals surface area contributed by atoms with Crippen LogP contribution >= 0.6 is 0 Å². The molecule has 0 atom stereocenters. The van der Waals surface area contributed by atoms with E-state index in [1.165, 1.54) is 44.1 Å². The number of anilines is 1. The molecule has 0 aliphatic heterocycles. The van der Waals surface area contributed by atoms with E-state index in [0.717, 1.165) is 5.82 Å². The summed E-state index contributed by atoms with van der Waals surface area (Å²) in [4.78, 5) is 0. The van der Waals surface area contributed by atoms with Crippen LogP contribution in [0.15, 0.2) is 12.3 Å². The van der Waals surface area contributed by atoms with Gasteiger partial charge in [-0.3, -0.25) is 0 Å². The summed E-state index contributed by atoms with van der Waals surface area (Å²) in [5.41, 5.74) is 1.17. The second-order valence-corrected chi connectivity index (χ2v) is 4.45. The van der Waals surface area contributed by atoms with Gasteiger partial charge in [0.15, 0.2) is 0 Å². The molecule has 2 rings (SSSR count). The van der Waals surface area contributed by atoms with E-state index < -0.39 is 0 Å². The van der Waals surface area contributed by atoms with Crippen molar-refractivity contribution in [1.82, 2.24) is 10.2 Å². The summed E-state index contributed by atoms with van der Waals surface area (Å²) >= 11 is 0. The standard InChI is InChI=1S/C12H19N3/c1-10-8-12(15-13-9-10)14-11-6-4-2-3-5-7-11/h8-9,11H,2-7H2,1H3,(H,14,15). The first-order valence-corrected chi connectivity index (χ1v) is 5.90. The predicted octanol–water partition coefficient (Wildman–Crippen LogP) is 2.92. The van der Waals surface area contributed by atoms with Crippen molar-refractivity contribution in [2.24, 2.45) is 0 Å². The number of rotatable bonds is 2. The third-order valence-electron chi connectivity index (χ3n) is 3.00. The van der Waals surface area contributed by atoms with Crippen LogP contribution in [0.4, 0.5) is 5.82 Å². The van der Waals surface area contributed by atoms with Crippen LogP contribution in [-0.4, -0.2) is 16.2 Å². The first-order valence-electron chi connectivity index (χ1n) is 5.90. The van der Waals surface area contributed by atoms with Gasteiger partial charge in [-0.2, -0.15) is 5.10 Å². The number of nitrogens with zero attached hydrogens (tertiary/aromatic N) is 2.